The second-order valence-corrected chi connectivity index (χ2v) is 3.23. The molecule has 0 fully saturated rings. The fourth-order valence-corrected chi connectivity index (χ4v) is 1.04. The first-order valence-corrected chi connectivity index (χ1v) is 5.64. The van der Waals surface area contributed by atoms with Gasteiger partial charge in [0.2, 0.25) is 0 Å². The molecule has 96 valence electrons. The van der Waals surface area contributed by atoms with Crippen LogP contribution >= 0.6 is 0 Å². The minimum atomic E-state index is -0.620. The summed E-state index contributed by atoms with van der Waals surface area (Å²) in [4.78, 5) is 10.8. The van der Waals surface area contributed by atoms with E-state index < -0.39 is 6.16 Å². The van der Waals surface area contributed by atoms with E-state index in [1.165, 1.54) is 0 Å². The van der Waals surface area contributed by atoms with E-state index >= 15 is 0 Å². The first-order valence-electron chi connectivity index (χ1n) is 5.64. The van der Waals surface area contributed by atoms with Crippen LogP contribution in [0.4, 0.5) is 4.79 Å². The molecule has 0 bridgehead atoms. The summed E-state index contributed by atoms with van der Waals surface area (Å²) in [6.45, 7) is 5.57. The Morgan fingerprint density at radius 2 is 1.94 bits per heavy atom. The highest BCUT2D eigenvalue weighted by Gasteiger charge is 2.04. The van der Waals surface area contributed by atoms with Crippen LogP contribution in [0, 0.1) is 0 Å². The van der Waals surface area contributed by atoms with Crippen molar-refractivity contribution < 1.29 is 23.7 Å². The summed E-state index contributed by atoms with van der Waals surface area (Å²) in [5.41, 5.74) is 0. The Labute approximate surface area is 97.0 Å². The molecule has 0 aliphatic carbocycles. The molecule has 0 aromatic heterocycles. The summed E-state index contributed by atoms with van der Waals surface area (Å²) in [6.07, 6.45) is 1.12. The van der Waals surface area contributed by atoms with Crippen molar-refractivity contribution >= 4 is 6.16 Å². The van der Waals surface area contributed by atoms with Crippen LogP contribution in [-0.4, -0.2) is 45.8 Å². The highest BCUT2D eigenvalue weighted by Crippen LogP contribution is 1.97. The van der Waals surface area contributed by atoms with Crippen LogP contribution in [0.15, 0.2) is 0 Å². The summed E-state index contributed by atoms with van der Waals surface area (Å²) in [5, 5.41) is 0. The van der Waals surface area contributed by atoms with Gasteiger partial charge in [0.25, 0.3) is 0 Å². The summed E-state index contributed by atoms with van der Waals surface area (Å²) in [5.74, 6) is 0. The molecule has 0 radical (unpaired) electrons. The summed E-state index contributed by atoms with van der Waals surface area (Å²) in [7, 11) is 1.67. The molecular formula is C11H22O5. The predicted molar refractivity (Wildman–Crippen MR) is 59.5 cm³/mol. The molecule has 0 aliphatic rings. The van der Waals surface area contributed by atoms with Crippen LogP contribution < -0.4 is 0 Å². The monoisotopic (exact) mass is 234 g/mol. The maximum Gasteiger partial charge on any atom is 0.508 e. The Bertz CT molecular complexity index is 168. The van der Waals surface area contributed by atoms with E-state index in [1.54, 1.807) is 14.0 Å². The van der Waals surface area contributed by atoms with Crippen molar-refractivity contribution in [3.05, 3.63) is 0 Å². The second kappa shape index (κ2) is 10.7. The third-order valence-corrected chi connectivity index (χ3v) is 2.01. The van der Waals surface area contributed by atoms with E-state index in [0.29, 0.717) is 32.8 Å². The summed E-state index contributed by atoms with van der Waals surface area (Å²) >= 11 is 0. The average molecular weight is 234 g/mol. The van der Waals surface area contributed by atoms with Crippen molar-refractivity contribution in [2.75, 3.05) is 33.5 Å². The van der Waals surface area contributed by atoms with Gasteiger partial charge in [-0.05, 0) is 13.3 Å². The molecule has 5 heteroatoms. The molecule has 0 aromatic carbocycles. The van der Waals surface area contributed by atoms with E-state index in [-0.39, 0.29) is 6.10 Å². The number of carbonyl (C=O) groups excluding carboxylic acids is 1. The van der Waals surface area contributed by atoms with E-state index in [4.69, 9.17) is 14.2 Å². The molecule has 0 rings (SSSR count). The first kappa shape index (κ1) is 15.2. The number of hydrogen-bond donors (Lipinski definition) is 0. The maximum atomic E-state index is 10.8. The fraction of sp³-hybridized carbons (Fsp3) is 0.909. The van der Waals surface area contributed by atoms with Crippen molar-refractivity contribution in [2.45, 2.75) is 32.8 Å². The van der Waals surface area contributed by atoms with Crippen molar-refractivity contribution in [1.82, 2.24) is 0 Å². The SMILES string of the molecule is CCOC(=O)OCCCOCC(CC)OC. The quantitative estimate of drug-likeness (QED) is 0.451. The Morgan fingerprint density at radius 1 is 1.19 bits per heavy atom. The molecule has 0 amide bonds. The highest BCUT2D eigenvalue weighted by molar-refractivity contribution is 5.59. The molecule has 1 unspecified atom stereocenters. The topological polar surface area (TPSA) is 54.0 Å². The molecule has 0 saturated heterocycles. The Morgan fingerprint density at radius 3 is 2.50 bits per heavy atom. The normalized spacial score (nSPS) is 12.2. The summed E-state index contributed by atoms with van der Waals surface area (Å²) in [6, 6.07) is 0. The zero-order valence-electron chi connectivity index (χ0n) is 10.4. The maximum absolute atomic E-state index is 10.8. The number of rotatable bonds is 9. The molecule has 0 aromatic rings. The molecule has 1 atom stereocenters. The van der Waals surface area contributed by atoms with E-state index in [2.05, 4.69) is 4.74 Å². The summed E-state index contributed by atoms with van der Waals surface area (Å²) < 4.78 is 19.9. The first-order chi connectivity index (χ1) is 7.74. The van der Waals surface area contributed by atoms with E-state index in [1.807, 2.05) is 6.92 Å². The van der Waals surface area contributed by atoms with Crippen LogP contribution in [0.25, 0.3) is 0 Å². The minimum Gasteiger partial charge on any atom is -0.435 e. The zero-order chi connectivity index (χ0) is 12.2. The standard InChI is InChI=1S/C11H22O5/c1-4-10(13-3)9-14-7-6-8-16-11(12)15-5-2/h10H,4-9H2,1-3H3. The van der Waals surface area contributed by atoms with E-state index in [9.17, 15) is 4.79 Å². The van der Waals surface area contributed by atoms with Gasteiger partial charge in [-0.3, -0.25) is 0 Å². The predicted octanol–water partition coefficient (Wildman–Crippen LogP) is 1.99. The van der Waals surface area contributed by atoms with Crippen molar-refractivity contribution in [3.8, 4) is 0 Å². The Kier molecular flexibility index (Phi) is 10.2. The lowest BCUT2D eigenvalue weighted by molar-refractivity contribution is -0.000331. The zero-order valence-corrected chi connectivity index (χ0v) is 10.4. The van der Waals surface area contributed by atoms with Gasteiger partial charge in [-0.2, -0.15) is 0 Å². The van der Waals surface area contributed by atoms with Crippen molar-refractivity contribution in [1.29, 1.82) is 0 Å². The molecule has 0 saturated carbocycles. The van der Waals surface area contributed by atoms with Gasteiger partial charge in [-0.25, -0.2) is 4.79 Å². The number of carbonyl (C=O) groups is 1. The van der Waals surface area contributed by atoms with Gasteiger partial charge in [0.15, 0.2) is 0 Å². The number of ether oxygens (including phenoxy) is 4. The second-order valence-electron chi connectivity index (χ2n) is 3.23. The Hall–Kier alpha value is -0.810. The van der Waals surface area contributed by atoms with Crippen LogP contribution in [0.2, 0.25) is 0 Å². The van der Waals surface area contributed by atoms with Crippen LogP contribution in [0.3, 0.4) is 0 Å². The molecule has 5 nitrogen and oxygen atoms in total. The van der Waals surface area contributed by atoms with Gasteiger partial charge in [-0.1, -0.05) is 6.92 Å². The number of methoxy groups -OCH3 is 1. The van der Waals surface area contributed by atoms with Gasteiger partial charge in [0.05, 0.1) is 25.9 Å². The molecule has 16 heavy (non-hydrogen) atoms. The fourth-order valence-electron chi connectivity index (χ4n) is 1.04. The lowest BCUT2D eigenvalue weighted by atomic mass is 10.3. The highest BCUT2D eigenvalue weighted by atomic mass is 16.7. The van der Waals surface area contributed by atoms with Crippen molar-refractivity contribution in [2.24, 2.45) is 0 Å². The smallest absolute Gasteiger partial charge is 0.435 e. The van der Waals surface area contributed by atoms with Gasteiger partial charge < -0.3 is 18.9 Å². The minimum absolute atomic E-state index is 0.144. The largest absolute Gasteiger partial charge is 0.508 e. The van der Waals surface area contributed by atoms with Gasteiger partial charge >= 0.3 is 6.16 Å². The van der Waals surface area contributed by atoms with Crippen LogP contribution in [0.5, 0.6) is 0 Å². The van der Waals surface area contributed by atoms with Crippen LogP contribution in [-0.2, 0) is 18.9 Å². The molecule has 0 aliphatic heterocycles. The molecule has 0 heterocycles. The van der Waals surface area contributed by atoms with Gasteiger partial charge in [-0.15, -0.1) is 0 Å². The lowest BCUT2D eigenvalue weighted by Crippen LogP contribution is -2.18. The van der Waals surface area contributed by atoms with Crippen molar-refractivity contribution in [3.63, 3.8) is 0 Å². The number of hydrogen-bond acceptors (Lipinski definition) is 5. The third kappa shape index (κ3) is 8.49. The van der Waals surface area contributed by atoms with Crippen LogP contribution in [0.1, 0.15) is 26.7 Å². The third-order valence-electron chi connectivity index (χ3n) is 2.01. The average Bonchev–Trinajstić information content (AvgIpc) is 2.29. The Balaban J connectivity index is 3.24. The van der Waals surface area contributed by atoms with E-state index in [0.717, 1.165) is 6.42 Å². The lowest BCUT2D eigenvalue weighted by Gasteiger charge is -2.12. The van der Waals surface area contributed by atoms with Gasteiger partial charge in [0, 0.05) is 20.1 Å². The van der Waals surface area contributed by atoms with Gasteiger partial charge in [0.1, 0.15) is 0 Å². The molecule has 0 spiro atoms. The molecular weight excluding hydrogens is 212 g/mol. The molecule has 0 N–H and O–H groups in total.